The van der Waals surface area contributed by atoms with Crippen molar-refractivity contribution in [3.8, 4) is 11.3 Å². The van der Waals surface area contributed by atoms with Crippen molar-refractivity contribution in [1.29, 1.82) is 0 Å². The van der Waals surface area contributed by atoms with Crippen molar-refractivity contribution in [1.82, 2.24) is 4.98 Å². The first-order chi connectivity index (χ1) is 11.1. The van der Waals surface area contributed by atoms with Crippen LogP contribution in [0.3, 0.4) is 0 Å². The fourth-order valence-corrected chi connectivity index (χ4v) is 3.79. The van der Waals surface area contributed by atoms with Crippen LogP contribution in [0.5, 0.6) is 0 Å². The van der Waals surface area contributed by atoms with Gasteiger partial charge in [0.25, 0.3) is 0 Å². The minimum atomic E-state index is -1.67. The van der Waals surface area contributed by atoms with E-state index in [1.54, 1.807) is 6.07 Å². The second-order valence-electron chi connectivity index (χ2n) is 6.29. The fourth-order valence-electron chi connectivity index (χ4n) is 2.15. The van der Waals surface area contributed by atoms with Crippen LogP contribution in [0.1, 0.15) is 10.5 Å². The monoisotopic (exact) mass is 386 g/mol. The molecule has 0 aliphatic rings. The molecule has 0 saturated heterocycles. The van der Waals surface area contributed by atoms with Crippen LogP contribution in [-0.2, 0) is 4.74 Å². The summed E-state index contributed by atoms with van der Waals surface area (Å²) in [5.41, 5.74) is 5.79. The highest BCUT2D eigenvalue weighted by Crippen LogP contribution is 2.38. The quantitative estimate of drug-likeness (QED) is 0.636. The maximum absolute atomic E-state index is 14.6. The number of benzene rings is 1. The summed E-state index contributed by atoms with van der Waals surface area (Å²) in [7, 11) is -0.481. The Morgan fingerprint density at radius 3 is 2.38 bits per heavy atom. The predicted molar refractivity (Wildman–Crippen MR) is 98.4 cm³/mol. The molecule has 0 radical (unpaired) electrons. The normalized spacial score (nSPS) is 11.5. The van der Waals surface area contributed by atoms with Gasteiger partial charge in [0.2, 0.25) is 0 Å². The number of methoxy groups -OCH3 is 1. The molecule has 0 spiro atoms. The standard InChI is InChI=1S/C16H17Cl2FN2O2Si/c1-23-16(22)15-12(18)13(20)11(17)14(21-15)9-6-5-8(7-10(9)19)24(2,3)4/h5-7H,1-4H3,(H2,20,21). The van der Waals surface area contributed by atoms with E-state index < -0.39 is 19.9 Å². The van der Waals surface area contributed by atoms with Gasteiger partial charge in [0.1, 0.15) is 5.82 Å². The van der Waals surface area contributed by atoms with Crippen LogP contribution >= 0.6 is 23.2 Å². The average Bonchev–Trinajstić information content (AvgIpc) is 2.52. The Morgan fingerprint density at radius 2 is 1.88 bits per heavy atom. The zero-order valence-electron chi connectivity index (χ0n) is 13.7. The molecule has 8 heteroatoms. The van der Waals surface area contributed by atoms with E-state index in [1.165, 1.54) is 13.2 Å². The number of ether oxygens (including phenoxy) is 1. The molecule has 1 aromatic carbocycles. The Kier molecular flexibility index (Phi) is 5.22. The number of rotatable bonds is 3. The molecule has 1 aromatic heterocycles. The van der Waals surface area contributed by atoms with Crippen molar-refractivity contribution in [3.63, 3.8) is 0 Å². The molecule has 0 saturated carbocycles. The van der Waals surface area contributed by atoms with Gasteiger partial charge in [-0.05, 0) is 12.1 Å². The smallest absolute Gasteiger partial charge is 0.358 e. The lowest BCUT2D eigenvalue weighted by Crippen LogP contribution is -2.37. The number of hydrogen-bond donors (Lipinski definition) is 1. The van der Waals surface area contributed by atoms with Crippen LogP contribution in [0.25, 0.3) is 11.3 Å². The van der Waals surface area contributed by atoms with E-state index >= 15 is 0 Å². The number of nitrogens with two attached hydrogens (primary N) is 1. The minimum absolute atomic E-state index is 0.00712. The summed E-state index contributed by atoms with van der Waals surface area (Å²) in [6.07, 6.45) is 0. The minimum Gasteiger partial charge on any atom is -0.464 e. The van der Waals surface area contributed by atoms with Gasteiger partial charge < -0.3 is 10.5 Å². The van der Waals surface area contributed by atoms with E-state index in [4.69, 9.17) is 28.9 Å². The molecular formula is C16H17Cl2FN2O2Si. The molecule has 0 aliphatic carbocycles. The molecule has 2 rings (SSSR count). The molecule has 24 heavy (non-hydrogen) atoms. The van der Waals surface area contributed by atoms with E-state index in [2.05, 4.69) is 29.4 Å². The number of anilines is 1. The Morgan fingerprint density at radius 1 is 1.25 bits per heavy atom. The number of pyridine rings is 1. The summed E-state index contributed by atoms with van der Waals surface area (Å²) >= 11 is 12.2. The van der Waals surface area contributed by atoms with Gasteiger partial charge in [0, 0.05) is 5.56 Å². The maximum Gasteiger partial charge on any atom is 0.358 e. The Hall–Kier alpha value is -1.63. The second kappa shape index (κ2) is 6.70. The van der Waals surface area contributed by atoms with Gasteiger partial charge in [0.15, 0.2) is 5.69 Å². The molecule has 2 aromatic rings. The number of carbonyl (C=O) groups is 1. The van der Waals surface area contributed by atoms with Crippen molar-refractivity contribution in [2.24, 2.45) is 0 Å². The van der Waals surface area contributed by atoms with Crippen molar-refractivity contribution in [2.75, 3.05) is 12.8 Å². The molecule has 0 atom stereocenters. The average molecular weight is 387 g/mol. The molecule has 0 fully saturated rings. The summed E-state index contributed by atoms with van der Waals surface area (Å²) in [5.74, 6) is -1.26. The zero-order chi connectivity index (χ0) is 18.2. The summed E-state index contributed by atoms with van der Waals surface area (Å²) in [6.45, 7) is 6.34. The third kappa shape index (κ3) is 3.40. The van der Waals surface area contributed by atoms with Gasteiger partial charge in [-0.3, -0.25) is 0 Å². The molecule has 0 bridgehead atoms. The third-order valence-electron chi connectivity index (χ3n) is 3.58. The Labute approximate surface area is 150 Å². The SMILES string of the molecule is COC(=O)c1nc(-c2ccc([Si](C)(C)C)cc2F)c(Cl)c(N)c1Cl. The van der Waals surface area contributed by atoms with Gasteiger partial charge in [-0.15, -0.1) is 0 Å². The lowest BCUT2D eigenvalue weighted by atomic mass is 10.1. The summed E-state index contributed by atoms with van der Waals surface area (Å²) in [5, 5.41) is 0.831. The highest BCUT2D eigenvalue weighted by molar-refractivity contribution is 6.88. The van der Waals surface area contributed by atoms with Crippen LogP contribution < -0.4 is 10.9 Å². The molecule has 1 heterocycles. The van der Waals surface area contributed by atoms with Crippen LogP contribution in [0.15, 0.2) is 18.2 Å². The molecule has 2 N–H and O–H groups in total. The van der Waals surface area contributed by atoms with Crippen molar-refractivity contribution in [2.45, 2.75) is 19.6 Å². The highest BCUT2D eigenvalue weighted by Gasteiger charge is 2.24. The molecular weight excluding hydrogens is 370 g/mol. The molecule has 4 nitrogen and oxygen atoms in total. The predicted octanol–water partition coefficient (Wildman–Crippen LogP) is 4.11. The third-order valence-corrected chi connectivity index (χ3v) is 6.39. The van der Waals surface area contributed by atoms with E-state index in [1.807, 2.05) is 6.07 Å². The Balaban J connectivity index is 2.69. The molecule has 128 valence electrons. The fraction of sp³-hybridized carbons (Fsp3) is 0.250. The van der Waals surface area contributed by atoms with Gasteiger partial charge in [-0.1, -0.05) is 54.1 Å². The lowest BCUT2D eigenvalue weighted by Gasteiger charge is -2.18. The van der Waals surface area contributed by atoms with E-state index in [0.717, 1.165) is 5.19 Å². The topological polar surface area (TPSA) is 65.2 Å². The largest absolute Gasteiger partial charge is 0.464 e. The first-order valence-electron chi connectivity index (χ1n) is 7.11. The van der Waals surface area contributed by atoms with Crippen LogP contribution in [0, 0.1) is 5.82 Å². The maximum atomic E-state index is 14.6. The van der Waals surface area contributed by atoms with Crippen molar-refractivity contribution < 1.29 is 13.9 Å². The van der Waals surface area contributed by atoms with Crippen molar-refractivity contribution >= 4 is 48.1 Å². The van der Waals surface area contributed by atoms with Crippen LogP contribution in [0.2, 0.25) is 29.7 Å². The first-order valence-corrected chi connectivity index (χ1v) is 11.4. The van der Waals surface area contributed by atoms with Crippen LogP contribution in [-0.4, -0.2) is 26.1 Å². The number of esters is 1. The van der Waals surface area contributed by atoms with E-state index in [0.29, 0.717) is 0 Å². The summed E-state index contributed by atoms with van der Waals surface area (Å²) in [6, 6.07) is 4.90. The van der Waals surface area contributed by atoms with Gasteiger partial charge in [-0.2, -0.15) is 0 Å². The number of aromatic nitrogens is 1. The number of nitrogens with zero attached hydrogens (tertiary/aromatic N) is 1. The second-order valence-corrected chi connectivity index (χ2v) is 12.1. The van der Waals surface area contributed by atoms with Gasteiger partial charge in [-0.25, -0.2) is 14.2 Å². The molecule has 0 amide bonds. The van der Waals surface area contributed by atoms with Crippen molar-refractivity contribution in [3.05, 3.63) is 39.8 Å². The van der Waals surface area contributed by atoms with E-state index in [-0.39, 0.29) is 32.7 Å². The van der Waals surface area contributed by atoms with E-state index in [9.17, 15) is 9.18 Å². The van der Waals surface area contributed by atoms with Crippen LogP contribution in [0.4, 0.5) is 10.1 Å². The molecule has 0 unspecified atom stereocenters. The Bertz CT molecular complexity index is 823. The number of nitrogen functional groups attached to an aromatic ring is 1. The lowest BCUT2D eigenvalue weighted by molar-refractivity contribution is 0.0594. The molecule has 0 aliphatic heterocycles. The van der Waals surface area contributed by atoms with Gasteiger partial charge in [0.05, 0.1) is 36.6 Å². The summed E-state index contributed by atoms with van der Waals surface area (Å²) in [4.78, 5) is 15.9. The zero-order valence-corrected chi connectivity index (χ0v) is 16.2. The summed E-state index contributed by atoms with van der Waals surface area (Å²) < 4.78 is 19.3. The number of carbonyl (C=O) groups excluding carboxylic acids is 1. The number of halogens is 3. The van der Waals surface area contributed by atoms with Gasteiger partial charge >= 0.3 is 5.97 Å². The first kappa shape index (κ1) is 18.7. The highest BCUT2D eigenvalue weighted by atomic mass is 35.5. The number of hydrogen-bond acceptors (Lipinski definition) is 4.